The molecule has 0 aliphatic carbocycles. The van der Waals surface area contributed by atoms with Gasteiger partial charge in [0.2, 0.25) is 5.91 Å². The predicted molar refractivity (Wildman–Crippen MR) is 115 cm³/mol. The summed E-state index contributed by atoms with van der Waals surface area (Å²) in [4.78, 5) is 27.8. The number of amides is 2. The SMILES string of the molecule is Cc1occc1C(=O)N1CCCC(C(=O)NC(c2ccccc2)c2ccccc2)C1. The van der Waals surface area contributed by atoms with E-state index < -0.39 is 0 Å². The average Bonchev–Trinajstić information content (AvgIpc) is 3.24. The van der Waals surface area contributed by atoms with Gasteiger partial charge in [-0.1, -0.05) is 60.7 Å². The smallest absolute Gasteiger partial charge is 0.257 e. The second-order valence-corrected chi connectivity index (χ2v) is 7.74. The maximum Gasteiger partial charge on any atom is 0.257 e. The lowest BCUT2D eigenvalue weighted by molar-refractivity contribution is -0.126. The molecule has 154 valence electrons. The first-order valence-corrected chi connectivity index (χ1v) is 10.4. The highest BCUT2D eigenvalue weighted by atomic mass is 16.3. The van der Waals surface area contributed by atoms with Crippen molar-refractivity contribution < 1.29 is 14.0 Å². The first-order chi connectivity index (χ1) is 14.6. The van der Waals surface area contributed by atoms with E-state index in [1.807, 2.05) is 60.7 Å². The van der Waals surface area contributed by atoms with Gasteiger partial charge in [0.05, 0.1) is 23.8 Å². The number of carbonyl (C=O) groups is 2. The minimum atomic E-state index is -0.232. The molecule has 2 amide bonds. The van der Waals surface area contributed by atoms with E-state index in [4.69, 9.17) is 4.42 Å². The van der Waals surface area contributed by atoms with Crippen LogP contribution in [0.3, 0.4) is 0 Å². The van der Waals surface area contributed by atoms with Crippen LogP contribution in [0.1, 0.15) is 46.1 Å². The molecule has 1 aliphatic rings. The number of piperidine rings is 1. The molecule has 0 saturated carbocycles. The highest BCUT2D eigenvalue weighted by molar-refractivity contribution is 5.95. The second kappa shape index (κ2) is 8.99. The minimum absolute atomic E-state index is 0.0193. The summed E-state index contributed by atoms with van der Waals surface area (Å²) in [7, 11) is 0. The van der Waals surface area contributed by atoms with E-state index in [-0.39, 0.29) is 23.8 Å². The zero-order valence-corrected chi connectivity index (χ0v) is 17.1. The van der Waals surface area contributed by atoms with Crippen LogP contribution in [0.25, 0.3) is 0 Å². The Morgan fingerprint density at radius 2 is 1.63 bits per heavy atom. The molecule has 1 N–H and O–H groups in total. The van der Waals surface area contributed by atoms with Crippen molar-refractivity contribution in [2.75, 3.05) is 13.1 Å². The van der Waals surface area contributed by atoms with Crippen LogP contribution in [0.4, 0.5) is 0 Å². The van der Waals surface area contributed by atoms with Crippen LogP contribution in [0.2, 0.25) is 0 Å². The molecule has 1 aliphatic heterocycles. The van der Waals surface area contributed by atoms with Crippen molar-refractivity contribution in [2.24, 2.45) is 5.92 Å². The molecule has 3 aromatic rings. The summed E-state index contributed by atoms with van der Waals surface area (Å²) in [5.74, 6) is 0.292. The van der Waals surface area contributed by atoms with Gasteiger partial charge in [-0.3, -0.25) is 9.59 Å². The van der Waals surface area contributed by atoms with Crippen molar-refractivity contribution in [3.05, 3.63) is 95.4 Å². The van der Waals surface area contributed by atoms with Crippen LogP contribution in [0, 0.1) is 12.8 Å². The summed E-state index contributed by atoms with van der Waals surface area (Å²) in [5, 5.41) is 3.23. The largest absolute Gasteiger partial charge is 0.469 e. The number of furan rings is 1. The molecule has 0 spiro atoms. The number of hydrogen-bond acceptors (Lipinski definition) is 3. The lowest BCUT2D eigenvalue weighted by atomic mass is 9.94. The van der Waals surface area contributed by atoms with E-state index in [0.717, 1.165) is 24.0 Å². The molecule has 1 fully saturated rings. The first kappa shape index (κ1) is 20.0. The van der Waals surface area contributed by atoms with Crippen molar-refractivity contribution in [1.82, 2.24) is 10.2 Å². The quantitative estimate of drug-likeness (QED) is 0.690. The monoisotopic (exact) mass is 402 g/mol. The Balaban J connectivity index is 1.50. The fraction of sp³-hybridized carbons (Fsp3) is 0.280. The molecule has 1 atom stereocenters. The Morgan fingerprint density at radius 3 is 2.20 bits per heavy atom. The van der Waals surface area contributed by atoms with E-state index in [9.17, 15) is 9.59 Å². The van der Waals surface area contributed by atoms with Gasteiger partial charge in [-0.05, 0) is 37.0 Å². The van der Waals surface area contributed by atoms with Gasteiger partial charge < -0.3 is 14.6 Å². The summed E-state index contributed by atoms with van der Waals surface area (Å²) in [5.41, 5.74) is 2.65. The molecule has 1 unspecified atom stereocenters. The first-order valence-electron chi connectivity index (χ1n) is 10.4. The van der Waals surface area contributed by atoms with Gasteiger partial charge in [-0.2, -0.15) is 0 Å². The number of hydrogen-bond donors (Lipinski definition) is 1. The Labute approximate surface area is 176 Å². The summed E-state index contributed by atoms with van der Waals surface area (Å²) in [6, 6.07) is 21.4. The van der Waals surface area contributed by atoms with Crippen LogP contribution < -0.4 is 5.32 Å². The van der Waals surface area contributed by atoms with Gasteiger partial charge in [-0.15, -0.1) is 0 Å². The third-order valence-corrected chi connectivity index (χ3v) is 5.72. The molecule has 5 heteroatoms. The number of rotatable bonds is 5. The molecule has 0 bridgehead atoms. The minimum Gasteiger partial charge on any atom is -0.469 e. The normalized spacial score (nSPS) is 16.5. The number of carbonyl (C=O) groups excluding carboxylic acids is 2. The third-order valence-electron chi connectivity index (χ3n) is 5.72. The highest BCUT2D eigenvalue weighted by Crippen LogP contribution is 2.25. The molecular formula is C25H26N2O3. The Morgan fingerprint density at radius 1 is 1.00 bits per heavy atom. The van der Waals surface area contributed by atoms with Gasteiger partial charge in [0.25, 0.3) is 5.91 Å². The van der Waals surface area contributed by atoms with E-state index in [0.29, 0.717) is 24.4 Å². The molecule has 5 nitrogen and oxygen atoms in total. The van der Waals surface area contributed by atoms with Crippen molar-refractivity contribution >= 4 is 11.8 Å². The highest BCUT2D eigenvalue weighted by Gasteiger charge is 2.31. The number of aryl methyl sites for hydroxylation is 1. The molecule has 4 rings (SSSR count). The summed E-state index contributed by atoms with van der Waals surface area (Å²) in [6.07, 6.45) is 3.11. The van der Waals surface area contributed by atoms with E-state index in [1.165, 1.54) is 6.26 Å². The third kappa shape index (κ3) is 4.30. The molecular weight excluding hydrogens is 376 g/mol. The van der Waals surface area contributed by atoms with Crippen LogP contribution in [0.5, 0.6) is 0 Å². The number of likely N-dealkylation sites (tertiary alicyclic amines) is 1. The van der Waals surface area contributed by atoms with E-state index in [1.54, 1.807) is 17.9 Å². The van der Waals surface area contributed by atoms with Gasteiger partial charge in [0.1, 0.15) is 5.76 Å². The number of nitrogens with zero attached hydrogens (tertiary/aromatic N) is 1. The summed E-state index contributed by atoms with van der Waals surface area (Å²) < 4.78 is 5.27. The average molecular weight is 402 g/mol. The lowest BCUT2D eigenvalue weighted by Gasteiger charge is -2.33. The van der Waals surface area contributed by atoms with Gasteiger partial charge >= 0.3 is 0 Å². The second-order valence-electron chi connectivity index (χ2n) is 7.74. The van der Waals surface area contributed by atoms with Gasteiger partial charge in [0.15, 0.2) is 0 Å². The lowest BCUT2D eigenvalue weighted by Crippen LogP contribution is -2.46. The Bertz CT molecular complexity index is 958. The predicted octanol–water partition coefficient (Wildman–Crippen LogP) is 4.35. The van der Waals surface area contributed by atoms with Crippen LogP contribution in [0.15, 0.2) is 77.4 Å². The number of benzene rings is 2. The van der Waals surface area contributed by atoms with Crippen LogP contribution >= 0.6 is 0 Å². The fourth-order valence-electron chi connectivity index (χ4n) is 4.06. The fourth-order valence-corrected chi connectivity index (χ4v) is 4.06. The molecule has 1 aromatic heterocycles. The Kier molecular flexibility index (Phi) is 5.98. The van der Waals surface area contributed by atoms with Crippen LogP contribution in [-0.2, 0) is 4.79 Å². The van der Waals surface area contributed by atoms with Crippen molar-refractivity contribution in [2.45, 2.75) is 25.8 Å². The van der Waals surface area contributed by atoms with Crippen molar-refractivity contribution in [3.8, 4) is 0 Å². The number of nitrogens with one attached hydrogen (secondary N) is 1. The summed E-state index contributed by atoms with van der Waals surface area (Å²) >= 11 is 0. The maximum atomic E-state index is 13.2. The standard InChI is InChI=1S/C25H26N2O3/c1-18-22(14-16-30-18)25(29)27-15-8-13-21(17-27)24(28)26-23(19-9-4-2-5-10-19)20-11-6-3-7-12-20/h2-7,9-12,14,16,21,23H,8,13,15,17H2,1H3,(H,26,28). The van der Waals surface area contributed by atoms with E-state index in [2.05, 4.69) is 5.32 Å². The maximum absolute atomic E-state index is 13.2. The molecule has 30 heavy (non-hydrogen) atoms. The van der Waals surface area contributed by atoms with Crippen molar-refractivity contribution in [1.29, 1.82) is 0 Å². The van der Waals surface area contributed by atoms with Crippen molar-refractivity contribution in [3.63, 3.8) is 0 Å². The van der Waals surface area contributed by atoms with Crippen LogP contribution in [-0.4, -0.2) is 29.8 Å². The zero-order valence-electron chi connectivity index (χ0n) is 17.1. The zero-order chi connectivity index (χ0) is 20.9. The molecule has 2 heterocycles. The Hall–Kier alpha value is -3.34. The molecule has 2 aromatic carbocycles. The molecule has 0 radical (unpaired) electrons. The van der Waals surface area contributed by atoms with Gasteiger partial charge in [0, 0.05) is 13.1 Å². The van der Waals surface area contributed by atoms with E-state index >= 15 is 0 Å². The molecule has 1 saturated heterocycles. The topological polar surface area (TPSA) is 62.6 Å². The summed E-state index contributed by atoms with van der Waals surface area (Å²) in [6.45, 7) is 2.87. The van der Waals surface area contributed by atoms with Gasteiger partial charge in [-0.25, -0.2) is 0 Å².